The van der Waals surface area contributed by atoms with E-state index < -0.39 is 0 Å². The summed E-state index contributed by atoms with van der Waals surface area (Å²) < 4.78 is 1.14. The highest BCUT2D eigenvalue weighted by Crippen LogP contribution is 2.32. The summed E-state index contributed by atoms with van der Waals surface area (Å²) >= 11 is 1.60. The van der Waals surface area contributed by atoms with Gasteiger partial charge in [0.1, 0.15) is 0 Å². The van der Waals surface area contributed by atoms with Crippen molar-refractivity contribution in [1.29, 1.82) is 0 Å². The second-order valence-electron chi connectivity index (χ2n) is 5.06. The minimum Gasteiger partial charge on any atom is -0.330 e. The van der Waals surface area contributed by atoms with Gasteiger partial charge in [0, 0.05) is 11.6 Å². The molecule has 1 fully saturated rings. The maximum atomic E-state index is 12.3. The molecule has 1 aromatic heterocycles. The van der Waals surface area contributed by atoms with Gasteiger partial charge in [-0.1, -0.05) is 6.42 Å². The molecule has 1 aliphatic carbocycles. The number of amides is 1. The van der Waals surface area contributed by atoms with Gasteiger partial charge in [-0.15, -0.1) is 11.3 Å². The quantitative estimate of drug-likeness (QED) is 0.904. The lowest BCUT2D eigenvalue weighted by Crippen LogP contribution is -2.29. The molecule has 3 rings (SSSR count). The lowest BCUT2D eigenvalue weighted by molar-refractivity contribution is -0.120. The molecule has 2 atom stereocenters. The van der Waals surface area contributed by atoms with Crippen LogP contribution in [-0.4, -0.2) is 17.4 Å². The van der Waals surface area contributed by atoms with Crippen molar-refractivity contribution in [3.05, 3.63) is 23.7 Å². The molecule has 1 amide bonds. The predicted molar refractivity (Wildman–Crippen MR) is 78.1 cm³/mol. The lowest BCUT2D eigenvalue weighted by Gasteiger charge is -2.17. The van der Waals surface area contributed by atoms with E-state index in [4.69, 9.17) is 5.73 Å². The summed E-state index contributed by atoms with van der Waals surface area (Å²) in [7, 11) is 0. The number of nitrogens with zero attached hydrogens (tertiary/aromatic N) is 1. The number of nitrogens with two attached hydrogens (primary N) is 1. The molecule has 0 bridgehead atoms. The van der Waals surface area contributed by atoms with Crippen molar-refractivity contribution >= 4 is 33.1 Å². The van der Waals surface area contributed by atoms with Gasteiger partial charge in [0.05, 0.1) is 15.7 Å². The van der Waals surface area contributed by atoms with E-state index in [2.05, 4.69) is 10.3 Å². The van der Waals surface area contributed by atoms with E-state index in [1.807, 2.05) is 23.7 Å². The van der Waals surface area contributed by atoms with E-state index in [0.717, 1.165) is 35.2 Å². The SMILES string of the molecule is NC[C@H]1CCC[C@H]1C(=O)Nc1ccc2scnc2c1. The average molecular weight is 275 g/mol. The Morgan fingerprint density at radius 2 is 2.37 bits per heavy atom. The molecule has 1 saturated carbocycles. The number of nitrogens with one attached hydrogen (secondary N) is 1. The van der Waals surface area contributed by atoms with Gasteiger partial charge in [0.2, 0.25) is 5.91 Å². The molecule has 0 aliphatic heterocycles. The first kappa shape index (κ1) is 12.6. The van der Waals surface area contributed by atoms with Crippen molar-refractivity contribution in [2.24, 2.45) is 17.6 Å². The number of thiazole rings is 1. The van der Waals surface area contributed by atoms with Gasteiger partial charge in [0.15, 0.2) is 0 Å². The van der Waals surface area contributed by atoms with Gasteiger partial charge < -0.3 is 11.1 Å². The molecule has 1 aromatic carbocycles. The van der Waals surface area contributed by atoms with Crippen molar-refractivity contribution < 1.29 is 4.79 Å². The summed E-state index contributed by atoms with van der Waals surface area (Å²) in [6.07, 6.45) is 3.12. The van der Waals surface area contributed by atoms with Crippen molar-refractivity contribution in [2.75, 3.05) is 11.9 Å². The third kappa shape index (κ3) is 2.48. The maximum Gasteiger partial charge on any atom is 0.227 e. The number of fused-ring (bicyclic) bond motifs is 1. The first-order valence-corrected chi connectivity index (χ1v) is 7.50. The summed E-state index contributed by atoms with van der Waals surface area (Å²) in [5.74, 6) is 0.502. The highest BCUT2D eigenvalue weighted by Gasteiger charge is 2.31. The highest BCUT2D eigenvalue weighted by molar-refractivity contribution is 7.16. The molecule has 2 aromatic rings. The van der Waals surface area contributed by atoms with Crippen LogP contribution in [0.2, 0.25) is 0 Å². The zero-order valence-corrected chi connectivity index (χ0v) is 11.5. The fourth-order valence-electron chi connectivity index (χ4n) is 2.83. The van der Waals surface area contributed by atoms with Gasteiger partial charge in [-0.2, -0.15) is 0 Å². The third-order valence-corrected chi connectivity index (χ3v) is 4.71. The van der Waals surface area contributed by atoms with Gasteiger partial charge in [0.25, 0.3) is 0 Å². The van der Waals surface area contributed by atoms with Crippen molar-refractivity contribution in [1.82, 2.24) is 4.98 Å². The number of carbonyl (C=O) groups is 1. The maximum absolute atomic E-state index is 12.3. The number of rotatable bonds is 3. The van der Waals surface area contributed by atoms with Crippen LogP contribution in [0.5, 0.6) is 0 Å². The largest absolute Gasteiger partial charge is 0.330 e. The Bertz CT molecular complexity index is 595. The van der Waals surface area contributed by atoms with E-state index in [1.165, 1.54) is 0 Å². The van der Waals surface area contributed by atoms with Gasteiger partial charge >= 0.3 is 0 Å². The molecule has 5 heteroatoms. The molecule has 3 N–H and O–H groups in total. The fourth-order valence-corrected chi connectivity index (χ4v) is 3.49. The Balaban J connectivity index is 1.74. The number of aromatic nitrogens is 1. The van der Waals surface area contributed by atoms with Gasteiger partial charge in [-0.05, 0) is 43.5 Å². The molecule has 100 valence electrons. The second-order valence-corrected chi connectivity index (χ2v) is 5.94. The Hall–Kier alpha value is -1.46. The Morgan fingerprint density at radius 3 is 3.21 bits per heavy atom. The Morgan fingerprint density at radius 1 is 1.47 bits per heavy atom. The topological polar surface area (TPSA) is 68.0 Å². The number of carbonyl (C=O) groups excluding carboxylic acids is 1. The van der Waals surface area contributed by atoms with Crippen LogP contribution in [0.25, 0.3) is 10.2 Å². The number of hydrogen-bond donors (Lipinski definition) is 2. The summed E-state index contributed by atoms with van der Waals surface area (Å²) in [6, 6.07) is 5.86. The van der Waals surface area contributed by atoms with Crippen molar-refractivity contribution in [2.45, 2.75) is 19.3 Å². The van der Waals surface area contributed by atoms with Crippen LogP contribution in [0.3, 0.4) is 0 Å². The van der Waals surface area contributed by atoms with Crippen molar-refractivity contribution in [3.63, 3.8) is 0 Å². The summed E-state index contributed by atoms with van der Waals surface area (Å²) in [5.41, 5.74) is 9.30. The molecule has 0 saturated heterocycles. The Kier molecular flexibility index (Phi) is 3.48. The highest BCUT2D eigenvalue weighted by atomic mass is 32.1. The summed E-state index contributed by atoms with van der Waals surface area (Å²) in [6.45, 7) is 0.600. The van der Waals surface area contributed by atoms with Crippen LogP contribution in [0.15, 0.2) is 23.7 Å². The molecule has 0 unspecified atom stereocenters. The molecule has 19 heavy (non-hydrogen) atoms. The molecular formula is C14H17N3OS. The summed E-state index contributed by atoms with van der Waals surface area (Å²) in [5, 5.41) is 3.00. The second kappa shape index (κ2) is 5.27. The zero-order chi connectivity index (χ0) is 13.2. The monoisotopic (exact) mass is 275 g/mol. The summed E-state index contributed by atoms with van der Waals surface area (Å²) in [4.78, 5) is 16.5. The first-order chi connectivity index (χ1) is 9.28. The lowest BCUT2D eigenvalue weighted by atomic mass is 9.95. The molecule has 1 aliphatic rings. The van der Waals surface area contributed by atoms with Gasteiger partial charge in [-0.3, -0.25) is 4.79 Å². The van der Waals surface area contributed by atoms with E-state index in [9.17, 15) is 4.79 Å². The van der Waals surface area contributed by atoms with E-state index >= 15 is 0 Å². The predicted octanol–water partition coefficient (Wildman–Crippen LogP) is 2.61. The zero-order valence-electron chi connectivity index (χ0n) is 10.6. The van der Waals surface area contributed by atoms with E-state index in [0.29, 0.717) is 12.5 Å². The van der Waals surface area contributed by atoms with Gasteiger partial charge in [-0.25, -0.2) is 4.98 Å². The number of benzene rings is 1. The molecule has 1 heterocycles. The average Bonchev–Trinajstić information content (AvgIpc) is 3.06. The molecular weight excluding hydrogens is 258 g/mol. The molecule has 0 spiro atoms. The van der Waals surface area contributed by atoms with Crippen LogP contribution in [0.1, 0.15) is 19.3 Å². The minimum absolute atomic E-state index is 0.0659. The standard InChI is InChI=1S/C14H17N3OS/c15-7-9-2-1-3-11(9)14(18)17-10-4-5-13-12(6-10)16-8-19-13/h4-6,8-9,11H,1-3,7,15H2,(H,17,18)/t9-,11-/m1/s1. The van der Waals surface area contributed by atoms with Crippen molar-refractivity contribution in [3.8, 4) is 0 Å². The van der Waals surface area contributed by atoms with E-state index in [-0.39, 0.29) is 11.8 Å². The fraction of sp³-hybridized carbons (Fsp3) is 0.429. The Labute approximate surface area is 116 Å². The molecule has 0 radical (unpaired) electrons. The smallest absolute Gasteiger partial charge is 0.227 e. The van der Waals surface area contributed by atoms with Crippen LogP contribution in [0.4, 0.5) is 5.69 Å². The third-order valence-electron chi connectivity index (χ3n) is 3.90. The first-order valence-electron chi connectivity index (χ1n) is 6.62. The van der Waals surface area contributed by atoms with Crippen LogP contribution >= 0.6 is 11.3 Å². The van der Waals surface area contributed by atoms with Crippen LogP contribution in [0, 0.1) is 11.8 Å². The minimum atomic E-state index is 0.0659. The number of hydrogen-bond acceptors (Lipinski definition) is 4. The van der Waals surface area contributed by atoms with E-state index in [1.54, 1.807) is 11.3 Å². The van der Waals surface area contributed by atoms with Crippen LogP contribution in [-0.2, 0) is 4.79 Å². The molecule has 4 nitrogen and oxygen atoms in total. The normalized spacial score (nSPS) is 22.8. The number of anilines is 1. The van der Waals surface area contributed by atoms with Crippen LogP contribution < -0.4 is 11.1 Å².